The Kier molecular flexibility index (Phi) is 7.46. The van der Waals surface area contributed by atoms with Crippen LogP contribution in [0.5, 0.6) is 0 Å². The zero-order valence-electron chi connectivity index (χ0n) is 19.7. The van der Waals surface area contributed by atoms with Crippen LogP contribution in [-0.4, -0.2) is 62.7 Å². The van der Waals surface area contributed by atoms with E-state index < -0.39 is 29.6 Å². The molecule has 12 heteroatoms. The van der Waals surface area contributed by atoms with Crippen LogP contribution < -0.4 is 10.6 Å². The molecule has 2 atom stereocenters. The van der Waals surface area contributed by atoms with Crippen molar-refractivity contribution in [2.24, 2.45) is 11.7 Å². The van der Waals surface area contributed by atoms with E-state index in [2.05, 4.69) is 9.97 Å². The van der Waals surface area contributed by atoms with Crippen molar-refractivity contribution in [3.8, 4) is 0 Å². The second kappa shape index (κ2) is 10.4. The number of aromatic nitrogens is 3. The van der Waals surface area contributed by atoms with Gasteiger partial charge < -0.3 is 20.3 Å². The Morgan fingerprint density at radius 1 is 1.25 bits per heavy atom. The summed E-state index contributed by atoms with van der Waals surface area (Å²) in [5.41, 5.74) is 5.51. The van der Waals surface area contributed by atoms with Gasteiger partial charge in [-0.15, -0.1) is 0 Å². The number of rotatable bonds is 8. The number of aliphatic hydroxyl groups is 1. The van der Waals surface area contributed by atoms with Gasteiger partial charge in [-0.05, 0) is 37.6 Å². The SMILES string of the molecule is CCN(Cc1ccc(C(F)(F)F)cc1)c1ncnc2c1c(F)cn2CC1CCN(CC(N)=O)CC1O. The van der Waals surface area contributed by atoms with Gasteiger partial charge in [0.05, 0.1) is 23.6 Å². The number of carbonyl (C=O) groups is 1. The maximum atomic E-state index is 15.2. The lowest BCUT2D eigenvalue weighted by molar-refractivity contribution is -0.137. The van der Waals surface area contributed by atoms with E-state index in [1.165, 1.54) is 24.7 Å². The standard InChI is InChI=1S/C24H28F4N6O2/c1-2-33(9-15-3-5-17(6-4-15)24(26,27)28)22-21-18(25)11-34(23(21)31-14-30-22)10-16-7-8-32(12-19(16)35)13-20(29)36/h3-6,11,14,16,19,35H,2,7-10,12-13H2,1H3,(H2,29,36). The van der Waals surface area contributed by atoms with Crippen LogP contribution in [0.1, 0.15) is 24.5 Å². The van der Waals surface area contributed by atoms with E-state index in [0.717, 1.165) is 12.1 Å². The number of anilines is 1. The molecule has 3 heterocycles. The highest BCUT2D eigenvalue weighted by Gasteiger charge is 2.31. The molecule has 3 aromatic rings. The molecule has 0 saturated carbocycles. The zero-order valence-corrected chi connectivity index (χ0v) is 19.7. The van der Waals surface area contributed by atoms with E-state index in [0.29, 0.717) is 49.6 Å². The molecule has 8 nitrogen and oxygen atoms in total. The molecule has 0 bridgehead atoms. The minimum atomic E-state index is -4.42. The minimum absolute atomic E-state index is 0.0766. The van der Waals surface area contributed by atoms with E-state index >= 15 is 4.39 Å². The fraction of sp³-hybridized carbons (Fsp3) is 0.458. The Balaban J connectivity index is 1.55. The van der Waals surface area contributed by atoms with Crippen molar-refractivity contribution in [2.45, 2.75) is 38.7 Å². The maximum Gasteiger partial charge on any atom is 0.416 e. The summed E-state index contributed by atoms with van der Waals surface area (Å²) < 4.78 is 55.5. The first-order chi connectivity index (χ1) is 17.1. The third-order valence-corrected chi connectivity index (χ3v) is 6.54. The highest BCUT2D eigenvalue weighted by Crippen LogP contribution is 2.32. The van der Waals surface area contributed by atoms with E-state index in [4.69, 9.17) is 5.73 Å². The van der Waals surface area contributed by atoms with Gasteiger partial charge in [-0.2, -0.15) is 13.2 Å². The minimum Gasteiger partial charge on any atom is -0.391 e. The Bertz CT molecular complexity index is 1210. The Labute approximate surface area is 205 Å². The number of amides is 1. The molecule has 3 N–H and O–H groups in total. The van der Waals surface area contributed by atoms with Crippen LogP contribution in [0, 0.1) is 11.7 Å². The van der Waals surface area contributed by atoms with Gasteiger partial charge in [0.1, 0.15) is 17.8 Å². The lowest BCUT2D eigenvalue weighted by Crippen LogP contribution is -2.47. The van der Waals surface area contributed by atoms with Gasteiger partial charge in [0.15, 0.2) is 5.82 Å². The number of primary amides is 1. The summed E-state index contributed by atoms with van der Waals surface area (Å²) in [6.45, 7) is 3.82. The number of aliphatic hydroxyl groups excluding tert-OH is 1. The molecule has 1 aromatic carbocycles. The Morgan fingerprint density at radius 3 is 2.58 bits per heavy atom. The highest BCUT2D eigenvalue weighted by molar-refractivity contribution is 5.88. The number of carbonyl (C=O) groups excluding carboxylic acids is 1. The number of halogens is 4. The fourth-order valence-corrected chi connectivity index (χ4v) is 4.67. The van der Waals surface area contributed by atoms with E-state index in [9.17, 15) is 23.1 Å². The lowest BCUT2D eigenvalue weighted by Gasteiger charge is -2.35. The van der Waals surface area contributed by atoms with Gasteiger partial charge in [0, 0.05) is 38.3 Å². The zero-order chi connectivity index (χ0) is 26.0. The highest BCUT2D eigenvalue weighted by atomic mass is 19.4. The molecule has 4 rings (SSSR count). The molecular formula is C24H28F4N6O2. The smallest absolute Gasteiger partial charge is 0.391 e. The van der Waals surface area contributed by atoms with E-state index in [1.54, 1.807) is 14.4 Å². The van der Waals surface area contributed by atoms with Gasteiger partial charge in [-0.3, -0.25) is 9.69 Å². The topological polar surface area (TPSA) is 101 Å². The van der Waals surface area contributed by atoms with Crippen molar-refractivity contribution in [2.75, 3.05) is 31.1 Å². The first kappa shape index (κ1) is 25.8. The average molecular weight is 509 g/mol. The second-order valence-corrected chi connectivity index (χ2v) is 9.05. The fourth-order valence-electron chi connectivity index (χ4n) is 4.67. The van der Waals surface area contributed by atoms with Crippen LogP contribution in [0.15, 0.2) is 36.8 Å². The number of benzene rings is 1. The average Bonchev–Trinajstić information content (AvgIpc) is 3.14. The van der Waals surface area contributed by atoms with Crippen molar-refractivity contribution in [3.63, 3.8) is 0 Å². The molecule has 36 heavy (non-hydrogen) atoms. The summed E-state index contributed by atoms with van der Waals surface area (Å²) in [6, 6.07) is 4.85. The number of likely N-dealkylation sites (tertiary alicyclic amines) is 1. The molecule has 194 valence electrons. The molecule has 1 amide bonds. The molecule has 1 aliphatic rings. The molecular weight excluding hydrogens is 480 g/mol. The van der Waals surface area contributed by atoms with Crippen molar-refractivity contribution < 1.29 is 27.5 Å². The quantitative estimate of drug-likeness (QED) is 0.454. The van der Waals surface area contributed by atoms with Crippen molar-refractivity contribution in [3.05, 3.63) is 53.7 Å². The third-order valence-electron chi connectivity index (χ3n) is 6.54. The predicted octanol–water partition coefficient (Wildman–Crippen LogP) is 2.78. The van der Waals surface area contributed by atoms with Crippen molar-refractivity contribution in [1.82, 2.24) is 19.4 Å². The van der Waals surface area contributed by atoms with Crippen molar-refractivity contribution in [1.29, 1.82) is 0 Å². The van der Waals surface area contributed by atoms with Crippen LogP contribution in [0.2, 0.25) is 0 Å². The number of hydrogen-bond acceptors (Lipinski definition) is 6. The van der Waals surface area contributed by atoms with Crippen LogP contribution in [0.3, 0.4) is 0 Å². The van der Waals surface area contributed by atoms with Gasteiger partial charge in [0.2, 0.25) is 5.91 Å². The molecule has 1 saturated heterocycles. The molecule has 0 radical (unpaired) electrons. The van der Waals surface area contributed by atoms with Gasteiger partial charge in [-0.1, -0.05) is 12.1 Å². The van der Waals surface area contributed by atoms with Gasteiger partial charge in [0.25, 0.3) is 0 Å². The molecule has 0 spiro atoms. The van der Waals surface area contributed by atoms with Gasteiger partial charge in [-0.25, -0.2) is 14.4 Å². The number of nitrogens with zero attached hydrogens (tertiary/aromatic N) is 5. The van der Waals surface area contributed by atoms with Crippen LogP contribution in [0.4, 0.5) is 23.4 Å². The number of hydrogen-bond donors (Lipinski definition) is 2. The molecule has 2 aromatic heterocycles. The number of fused-ring (bicyclic) bond motifs is 1. The lowest BCUT2D eigenvalue weighted by atomic mass is 9.93. The van der Waals surface area contributed by atoms with Crippen molar-refractivity contribution >= 4 is 22.8 Å². The number of nitrogens with two attached hydrogens (primary N) is 1. The van der Waals surface area contributed by atoms with Crippen LogP contribution >= 0.6 is 0 Å². The summed E-state index contributed by atoms with van der Waals surface area (Å²) in [4.78, 5) is 23.3. The summed E-state index contributed by atoms with van der Waals surface area (Å²) in [6.07, 6.45) is -1.87. The van der Waals surface area contributed by atoms with Crippen LogP contribution in [-0.2, 0) is 24.1 Å². The molecule has 0 aliphatic carbocycles. The number of piperidine rings is 1. The van der Waals surface area contributed by atoms with E-state index in [-0.39, 0.29) is 24.4 Å². The second-order valence-electron chi connectivity index (χ2n) is 9.05. The monoisotopic (exact) mass is 508 g/mol. The molecule has 2 unspecified atom stereocenters. The predicted molar refractivity (Wildman–Crippen MR) is 125 cm³/mol. The Hall–Kier alpha value is -3.25. The largest absolute Gasteiger partial charge is 0.416 e. The summed E-state index contributed by atoms with van der Waals surface area (Å²) in [5.74, 6) is -0.806. The summed E-state index contributed by atoms with van der Waals surface area (Å²) in [7, 11) is 0. The van der Waals surface area contributed by atoms with Crippen LogP contribution in [0.25, 0.3) is 11.0 Å². The maximum absolute atomic E-state index is 15.2. The molecule has 1 fully saturated rings. The Morgan fingerprint density at radius 2 is 1.97 bits per heavy atom. The molecule has 1 aliphatic heterocycles. The first-order valence-electron chi connectivity index (χ1n) is 11.7. The summed E-state index contributed by atoms with van der Waals surface area (Å²) in [5, 5.41) is 10.8. The summed E-state index contributed by atoms with van der Waals surface area (Å²) >= 11 is 0. The normalized spacial score (nSPS) is 19.1. The van der Waals surface area contributed by atoms with Gasteiger partial charge >= 0.3 is 6.18 Å². The number of β-amino-alcohol motifs (C(OH)–C–C–N with tert-alkyl or cyclic N) is 1. The third kappa shape index (κ3) is 5.59. The number of alkyl halides is 3. The van der Waals surface area contributed by atoms with E-state index in [1.807, 2.05) is 6.92 Å². The first-order valence-corrected chi connectivity index (χ1v) is 11.7.